The highest BCUT2D eigenvalue weighted by atomic mass is 16.5. The van der Waals surface area contributed by atoms with Crippen molar-refractivity contribution in [3.8, 4) is 11.8 Å². The van der Waals surface area contributed by atoms with Crippen LogP contribution in [0.1, 0.15) is 35.4 Å². The molecule has 0 atom stereocenters. The number of nitrogens with zero attached hydrogens (tertiary/aromatic N) is 3. The fraction of sp³-hybridized carbons (Fsp3) is 0.286. The summed E-state index contributed by atoms with van der Waals surface area (Å²) in [5, 5.41) is 18.1. The highest BCUT2D eigenvalue weighted by Gasteiger charge is 2.15. The molecule has 1 heterocycles. The van der Waals surface area contributed by atoms with Crippen molar-refractivity contribution in [3.05, 3.63) is 35.4 Å². The van der Waals surface area contributed by atoms with Crippen LogP contribution in [0.4, 0.5) is 5.69 Å². The molecule has 0 saturated heterocycles. The van der Waals surface area contributed by atoms with Gasteiger partial charge in [-0.1, -0.05) is 6.92 Å². The van der Waals surface area contributed by atoms with Gasteiger partial charge >= 0.3 is 0 Å². The molecular weight excluding hydrogens is 270 g/mol. The Kier molecular flexibility index (Phi) is 4.51. The van der Waals surface area contributed by atoms with Gasteiger partial charge in [0.2, 0.25) is 5.82 Å². The summed E-state index contributed by atoms with van der Waals surface area (Å²) in [6.45, 7) is 2.02. The normalized spacial score (nSPS) is 9.95. The van der Waals surface area contributed by atoms with E-state index in [1.165, 1.54) is 7.11 Å². The van der Waals surface area contributed by atoms with E-state index in [1.807, 2.05) is 13.0 Å². The topological polar surface area (TPSA) is 104 Å². The highest BCUT2D eigenvalue weighted by Crippen LogP contribution is 2.25. The van der Waals surface area contributed by atoms with E-state index in [-0.39, 0.29) is 5.82 Å². The zero-order chi connectivity index (χ0) is 15.2. The van der Waals surface area contributed by atoms with E-state index in [0.29, 0.717) is 22.8 Å². The summed E-state index contributed by atoms with van der Waals surface area (Å²) in [5.41, 5.74) is 0.913. The molecule has 0 bridgehead atoms. The Bertz CT molecular complexity index is 687. The molecular formula is C14H15N5O2. The van der Waals surface area contributed by atoms with Gasteiger partial charge in [0.25, 0.3) is 5.91 Å². The molecule has 1 aromatic heterocycles. The van der Waals surface area contributed by atoms with E-state index in [9.17, 15) is 4.79 Å². The van der Waals surface area contributed by atoms with Crippen LogP contribution in [-0.2, 0) is 6.42 Å². The van der Waals surface area contributed by atoms with Crippen LogP contribution in [0.3, 0.4) is 0 Å². The van der Waals surface area contributed by atoms with Crippen LogP contribution in [0.15, 0.2) is 18.2 Å². The number of H-pyrrole nitrogens is 1. The first-order chi connectivity index (χ1) is 10.2. The second-order valence-electron chi connectivity index (χ2n) is 4.34. The predicted molar refractivity (Wildman–Crippen MR) is 76.0 cm³/mol. The molecule has 0 radical (unpaired) electrons. The smallest absolute Gasteiger partial charge is 0.295 e. The zero-order valence-electron chi connectivity index (χ0n) is 11.8. The average Bonchev–Trinajstić information content (AvgIpc) is 2.96. The standard InChI is InChI=1S/C14H15N5O2/c1-3-4-12-17-13(19-18-12)14(20)16-10-6-5-9(8-15)7-11(10)21-2/h5-7H,3-4H2,1-2H3,(H,16,20)(H,17,18,19). The van der Waals surface area contributed by atoms with E-state index in [0.717, 1.165) is 12.8 Å². The maximum atomic E-state index is 12.1. The van der Waals surface area contributed by atoms with Crippen LogP contribution >= 0.6 is 0 Å². The molecule has 7 heteroatoms. The second kappa shape index (κ2) is 6.52. The number of hydrogen-bond donors (Lipinski definition) is 2. The third kappa shape index (κ3) is 3.36. The van der Waals surface area contributed by atoms with Crippen molar-refractivity contribution in [2.24, 2.45) is 0 Å². The molecule has 2 N–H and O–H groups in total. The molecule has 0 aliphatic heterocycles. The Labute approximate surface area is 122 Å². The third-order valence-electron chi connectivity index (χ3n) is 2.80. The molecule has 1 amide bonds. The molecule has 0 saturated carbocycles. The monoisotopic (exact) mass is 285 g/mol. The number of aromatic amines is 1. The molecule has 2 aromatic rings. The number of rotatable bonds is 5. The lowest BCUT2D eigenvalue weighted by atomic mass is 10.2. The van der Waals surface area contributed by atoms with Gasteiger partial charge in [-0.25, -0.2) is 4.98 Å². The van der Waals surface area contributed by atoms with Crippen molar-refractivity contribution in [1.29, 1.82) is 5.26 Å². The molecule has 108 valence electrons. The summed E-state index contributed by atoms with van der Waals surface area (Å²) in [6, 6.07) is 6.76. The van der Waals surface area contributed by atoms with E-state index < -0.39 is 5.91 Å². The van der Waals surface area contributed by atoms with E-state index in [4.69, 9.17) is 10.00 Å². The first-order valence-corrected chi connectivity index (χ1v) is 6.48. The average molecular weight is 285 g/mol. The minimum Gasteiger partial charge on any atom is -0.495 e. The van der Waals surface area contributed by atoms with Gasteiger partial charge < -0.3 is 10.1 Å². The Morgan fingerprint density at radius 3 is 3.00 bits per heavy atom. The third-order valence-corrected chi connectivity index (χ3v) is 2.80. The number of nitriles is 1. The van der Waals surface area contributed by atoms with Crippen LogP contribution in [0.25, 0.3) is 0 Å². The van der Waals surface area contributed by atoms with Gasteiger partial charge in [-0.3, -0.25) is 9.89 Å². The van der Waals surface area contributed by atoms with Crippen LogP contribution in [0, 0.1) is 11.3 Å². The number of carbonyl (C=O) groups excluding carboxylic acids is 1. The van der Waals surface area contributed by atoms with Crippen molar-refractivity contribution < 1.29 is 9.53 Å². The highest BCUT2D eigenvalue weighted by molar-refractivity contribution is 6.02. The number of hydrogen-bond acceptors (Lipinski definition) is 5. The summed E-state index contributed by atoms with van der Waals surface area (Å²) >= 11 is 0. The van der Waals surface area contributed by atoms with Gasteiger partial charge in [0, 0.05) is 12.5 Å². The molecule has 1 aromatic carbocycles. The van der Waals surface area contributed by atoms with Crippen molar-refractivity contribution in [2.75, 3.05) is 12.4 Å². The summed E-state index contributed by atoms with van der Waals surface area (Å²) in [5.74, 6) is 0.725. The lowest BCUT2D eigenvalue weighted by Gasteiger charge is -2.08. The van der Waals surface area contributed by atoms with Crippen molar-refractivity contribution in [2.45, 2.75) is 19.8 Å². The molecule has 0 fully saturated rings. The number of nitrogens with one attached hydrogen (secondary N) is 2. The second-order valence-corrected chi connectivity index (χ2v) is 4.34. The van der Waals surface area contributed by atoms with Crippen LogP contribution < -0.4 is 10.1 Å². The molecule has 0 aliphatic carbocycles. The molecule has 0 aliphatic rings. The van der Waals surface area contributed by atoms with Gasteiger partial charge in [-0.05, 0) is 18.6 Å². The number of benzene rings is 1. The molecule has 2 rings (SSSR count). The number of amides is 1. The summed E-state index contributed by atoms with van der Waals surface area (Å²) in [6.07, 6.45) is 1.65. The fourth-order valence-corrected chi connectivity index (χ4v) is 1.79. The van der Waals surface area contributed by atoms with E-state index >= 15 is 0 Å². The number of aryl methyl sites for hydroxylation is 1. The van der Waals surface area contributed by atoms with E-state index in [1.54, 1.807) is 18.2 Å². The van der Waals surface area contributed by atoms with Gasteiger partial charge in [0.1, 0.15) is 11.6 Å². The molecule has 0 unspecified atom stereocenters. The molecule has 21 heavy (non-hydrogen) atoms. The Balaban J connectivity index is 2.17. The quantitative estimate of drug-likeness (QED) is 0.873. The van der Waals surface area contributed by atoms with Crippen LogP contribution in [0.2, 0.25) is 0 Å². The van der Waals surface area contributed by atoms with Crippen molar-refractivity contribution in [3.63, 3.8) is 0 Å². The molecule has 7 nitrogen and oxygen atoms in total. The SMILES string of the molecule is CCCc1nc(C(=O)Nc2ccc(C#N)cc2OC)n[nH]1. The Morgan fingerprint density at radius 1 is 1.52 bits per heavy atom. The number of aromatic nitrogens is 3. The van der Waals surface area contributed by atoms with E-state index in [2.05, 4.69) is 20.5 Å². The lowest BCUT2D eigenvalue weighted by molar-refractivity contribution is 0.101. The van der Waals surface area contributed by atoms with Gasteiger partial charge in [0.05, 0.1) is 24.4 Å². The minimum atomic E-state index is -0.434. The van der Waals surface area contributed by atoms with Crippen molar-refractivity contribution in [1.82, 2.24) is 15.2 Å². The maximum Gasteiger partial charge on any atom is 0.295 e. The number of anilines is 1. The lowest BCUT2D eigenvalue weighted by Crippen LogP contribution is -2.14. The minimum absolute atomic E-state index is 0.0739. The maximum absolute atomic E-state index is 12.1. The van der Waals surface area contributed by atoms with Gasteiger partial charge in [-0.15, -0.1) is 5.10 Å². The Hall–Kier alpha value is -2.88. The predicted octanol–water partition coefficient (Wildman–Crippen LogP) is 1.89. The van der Waals surface area contributed by atoms with Gasteiger partial charge in [-0.2, -0.15) is 5.26 Å². The first kappa shape index (κ1) is 14.5. The van der Waals surface area contributed by atoms with Gasteiger partial charge in [0.15, 0.2) is 0 Å². The summed E-state index contributed by atoms with van der Waals surface area (Å²) in [7, 11) is 1.47. The summed E-state index contributed by atoms with van der Waals surface area (Å²) in [4.78, 5) is 16.2. The number of ether oxygens (including phenoxy) is 1. The number of carbonyl (C=O) groups is 1. The summed E-state index contributed by atoms with van der Waals surface area (Å²) < 4.78 is 5.15. The largest absolute Gasteiger partial charge is 0.495 e. The first-order valence-electron chi connectivity index (χ1n) is 6.48. The Morgan fingerprint density at radius 2 is 2.33 bits per heavy atom. The molecule has 0 spiro atoms. The van der Waals surface area contributed by atoms with Crippen molar-refractivity contribution >= 4 is 11.6 Å². The van der Waals surface area contributed by atoms with Crippen LogP contribution in [-0.4, -0.2) is 28.2 Å². The zero-order valence-corrected chi connectivity index (χ0v) is 11.8. The van der Waals surface area contributed by atoms with Crippen LogP contribution in [0.5, 0.6) is 5.75 Å². The number of methoxy groups -OCH3 is 1. The fourth-order valence-electron chi connectivity index (χ4n) is 1.79.